The normalized spacial score (nSPS) is 15.6. The fourth-order valence-electron chi connectivity index (χ4n) is 1.91. The topological polar surface area (TPSA) is 92.5 Å². The van der Waals surface area contributed by atoms with E-state index < -0.39 is 11.8 Å². The van der Waals surface area contributed by atoms with E-state index in [9.17, 15) is 14.4 Å². The summed E-state index contributed by atoms with van der Waals surface area (Å²) in [6.45, 7) is 0.568. The molecule has 0 heterocycles. The van der Waals surface area contributed by atoms with Gasteiger partial charge in [0.25, 0.3) is 0 Å². The highest BCUT2D eigenvalue weighted by atomic mass is 16.2. The van der Waals surface area contributed by atoms with E-state index in [2.05, 4.69) is 5.32 Å². The molecule has 0 bridgehead atoms. The van der Waals surface area contributed by atoms with Gasteiger partial charge in [-0.1, -0.05) is 12.8 Å². The summed E-state index contributed by atoms with van der Waals surface area (Å²) < 4.78 is 0. The molecule has 3 amide bonds. The Labute approximate surface area is 101 Å². The van der Waals surface area contributed by atoms with Crippen molar-refractivity contribution in [2.24, 2.45) is 5.73 Å². The molecule has 6 nitrogen and oxygen atoms in total. The van der Waals surface area contributed by atoms with Gasteiger partial charge in [-0.25, -0.2) is 0 Å². The number of carbonyl (C=O) groups is 3. The summed E-state index contributed by atoms with van der Waals surface area (Å²) >= 11 is 0. The Morgan fingerprint density at radius 3 is 2.53 bits per heavy atom. The van der Waals surface area contributed by atoms with Crippen LogP contribution < -0.4 is 11.1 Å². The van der Waals surface area contributed by atoms with Gasteiger partial charge in [0.1, 0.15) is 0 Å². The van der Waals surface area contributed by atoms with Gasteiger partial charge in [-0.05, 0) is 25.8 Å². The van der Waals surface area contributed by atoms with Crippen LogP contribution in [0.3, 0.4) is 0 Å². The summed E-state index contributed by atoms with van der Waals surface area (Å²) in [5.74, 6) is -1.48. The Kier molecular flexibility index (Phi) is 5.62. The highest BCUT2D eigenvalue weighted by Gasteiger charge is 2.25. The van der Waals surface area contributed by atoms with Gasteiger partial charge in [0.05, 0.1) is 0 Å². The number of amides is 3. The second-order valence-corrected chi connectivity index (χ2v) is 4.20. The molecular formula is C11H19N3O3. The maximum Gasteiger partial charge on any atom is 0.318 e. The van der Waals surface area contributed by atoms with Gasteiger partial charge < -0.3 is 11.1 Å². The highest BCUT2D eigenvalue weighted by molar-refractivity contribution is 6.36. The molecule has 0 radical (unpaired) electrons. The average Bonchev–Trinajstić information content (AvgIpc) is 2.82. The standard InChI is InChI=1S/C11H19N3O3/c12-6-3-7-14(8-15)11(17)10(16)13-9-4-1-2-5-9/h8-9H,1-7,12H2,(H,13,16). The van der Waals surface area contributed by atoms with Crippen molar-refractivity contribution in [3.05, 3.63) is 0 Å². The number of imide groups is 1. The molecule has 1 aliphatic rings. The molecule has 1 aliphatic carbocycles. The fraction of sp³-hybridized carbons (Fsp3) is 0.727. The minimum atomic E-state index is -0.791. The van der Waals surface area contributed by atoms with Crippen molar-refractivity contribution in [2.45, 2.75) is 38.1 Å². The van der Waals surface area contributed by atoms with Crippen LogP contribution in [0.5, 0.6) is 0 Å². The summed E-state index contributed by atoms with van der Waals surface area (Å²) in [6.07, 6.45) is 4.84. The van der Waals surface area contributed by atoms with E-state index in [1.54, 1.807) is 0 Å². The van der Waals surface area contributed by atoms with E-state index >= 15 is 0 Å². The first-order chi connectivity index (χ1) is 8.19. The molecule has 3 N–H and O–H groups in total. The van der Waals surface area contributed by atoms with Crippen molar-refractivity contribution in [3.8, 4) is 0 Å². The third-order valence-corrected chi connectivity index (χ3v) is 2.88. The number of rotatable bonds is 5. The third kappa shape index (κ3) is 4.14. The van der Waals surface area contributed by atoms with Crippen molar-refractivity contribution >= 4 is 18.2 Å². The quantitative estimate of drug-likeness (QED) is 0.495. The Morgan fingerprint density at radius 2 is 2.00 bits per heavy atom. The summed E-state index contributed by atoms with van der Waals surface area (Å²) in [5.41, 5.74) is 5.29. The summed E-state index contributed by atoms with van der Waals surface area (Å²) in [5, 5.41) is 2.65. The number of hydrogen-bond donors (Lipinski definition) is 2. The maximum absolute atomic E-state index is 11.6. The fourth-order valence-corrected chi connectivity index (χ4v) is 1.91. The van der Waals surface area contributed by atoms with Crippen LogP contribution in [0.25, 0.3) is 0 Å². The van der Waals surface area contributed by atoms with Gasteiger partial charge >= 0.3 is 11.8 Å². The first-order valence-electron chi connectivity index (χ1n) is 5.96. The summed E-state index contributed by atoms with van der Waals surface area (Å²) in [4.78, 5) is 34.7. The predicted octanol–water partition coefficient (Wildman–Crippen LogP) is -0.621. The van der Waals surface area contributed by atoms with Gasteiger partial charge in [-0.3, -0.25) is 19.3 Å². The summed E-state index contributed by atoms with van der Waals surface area (Å²) in [7, 11) is 0. The summed E-state index contributed by atoms with van der Waals surface area (Å²) in [6, 6.07) is 0.0782. The molecule has 0 atom stereocenters. The minimum Gasteiger partial charge on any atom is -0.345 e. The number of carbonyl (C=O) groups excluding carboxylic acids is 3. The van der Waals surface area contributed by atoms with Gasteiger partial charge in [0, 0.05) is 12.6 Å². The molecule has 1 fully saturated rings. The van der Waals surface area contributed by atoms with Crippen molar-refractivity contribution in [1.82, 2.24) is 10.2 Å². The van der Waals surface area contributed by atoms with Crippen molar-refractivity contribution < 1.29 is 14.4 Å². The van der Waals surface area contributed by atoms with E-state index in [1.807, 2.05) is 0 Å². The average molecular weight is 241 g/mol. The lowest BCUT2D eigenvalue weighted by Gasteiger charge is -2.16. The highest BCUT2D eigenvalue weighted by Crippen LogP contribution is 2.17. The van der Waals surface area contributed by atoms with Crippen LogP contribution >= 0.6 is 0 Å². The van der Waals surface area contributed by atoms with Crippen molar-refractivity contribution in [3.63, 3.8) is 0 Å². The lowest BCUT2D eigenvalue weighted by atomic mass is 10.2. The monoisotopic (exact) mass is 241 g/mol. The molecule has 1 saturated carbocycles. The van der Waals surface area contributed by atoms with Crippen LogP contribution in [0.1, 0.15) is 32.1 Å². The number of nitrogens with one attached hydrogen (secondary N) is 1. The van der Waals surface area contributed by atoms with Crippen LogP contribution in [0.15, 0.2) is 0 Å². The number of nitrogens with two attached hydrogens (primary N) is 1. The van der Waals surface area contributed by atoms with E-state index in [-0.39, 0.29) is 12.6 Å². The van der Waals surface area contributed by atoms with Crippen LogP contribution in [-0.4, -0.2) is 42.3 Å². The molecule has 6 heteroatoms. The van der Waals surface area contributed by atoms with Gasteiger partial charge in [0.15, 0.2) is 0 Å². The van der Waals surface area contributed by atoms with Gasteiger partial charge in [-0.2, -0.15) is 0 Å². The molecule has 0 unspecified atom stereocenters. The molecule has 0 aromatic rings. The van der Waals surface area contributed by atoms with Crippen LogP contribution in [-0.2, 0) is 14.4 Å². The lowest BCUT2D eigenvalue weighted by Crippen LogP contribution is -2.46. The minimum absolute atomic E-state index is 0.0782. The van der Waals surface area contributed by atoms with E-state index in [4.69, 9.17) is 5.73 Å². The van der Waals surface area contributed by atoms with Crippen LogP contribution in [0.4, 0.5) is 0 Å². The molecule has 0 saturated heterocycles. The SMILES string of the molecule is NCCCN(C=O)C(=O)C(=O)NC1CCCC1. The second kappa shape index (κ2) is 7.01. The zero-order valence-corrected chi connectivity index (χ0v) is 9.85. The zero-order valence-electron chi connectivity index (χ0n) is 9.85. The lowest BCUT2D eigenvalue weighted by molar-refractivity contribution is -0.149. The molecule has 17 heavy (non-hydrogen) atoms. The van der Waals surface area contributed by atoms with Gasteiger partial charge in [-0.15, -0.1) is 0 Å². The smallest absolute Gasteiger partial charge is 0.318 e. The first kappa shape index (κ1) is 13.6. The van der Waals surface area contributed by atoms with Gasteiger partial charge in [0.2, 0.25) is 6.41 Å². The predicted molar refractivity (Wildman–Crippen MR) is 61.8 cm³/mol. The zero-order chi connectivity index (χ0) is 12.7. The number of hydrogen-bond acceptors (Lipinski definition) is 4. The molecule has 0 aliphatic heterocycles. The first-order valence-corrected chi connectivity index (χ1v) is 5.96. The van der Waals surface area contributed by atoms with Crippen LogP contribution in [0.2, 0.25) is 0 Å². The van der Waals surface area contributed by atoms with Crippen molar-refractivity contribution in [2.75, 3.05) is 13.1 Å². The molecule has 96 valence electrons. The molecular weight excluding hydrogens is 222 g/mol. The second-order valence-electron chi connectivity index (χ2n) is 4.20. The maximum atomic E-state index is 11.6. The Morgan fingerprint density at radius 1 is 1.35 bits per heavy atom. The molecule has 0 spiro atoms. The van der Waals surface area contributed by atoms with E-state index in [1.165, 1.54) is 0 Å². The van der Waals surface area contributed by atoms with E-state index in [0.717, 1.165) is 30.6 Å². The third-order valence-electron chi connectivity index (χ3n) is 2.88. The Hall–Kier alpha value is -1.43. The van der Waals surface area contributed by atoms with Crippen LogP contribution in [0, 0.1) is 0 Å². The largest absolute Gasteiger partial charge is 0.345 e. The molecule has 0 aromatic carbocycles. The number of nitrogens with zero attached hydrogens (tertiary/aromatic N) is 1. The Balaban J connectivity index is 2.42. The van der Waals surface area contributed by atoms with Crippen molar-refractivity contribution in [1.29, 1.82) is 0 Å². The molecule has 0 aromatic heterocycles. The molecule has 1 rings (SSSR count). The van der Waals surface area contributed by atoms with E-state index in [0.29, 0.717) is 19.4 Å². The Bertz CT molecular complexity index is 288.